The Bertz CT molecular complexity index is 552. The third-order valence-electron chi connectivity index (χ3n) is 3.18. The monoisotopic (exact) mass is 287 g/mol. The molecule has 21 heavy (non-hydrogen) atoms. The van der Waals surface area contributed by atoms with Gasteiger partial charge in [0.2, 0.25) is 5.91 Å². The van der Waals surface area contributed by atoms with E-state index < -0.39 is 0 Å². The van der Waals surface area contributed by atoms with Gasteiger partial charge in [0.15, 0.2) is 0 Å². The molecule has 0 unspecified atom stereocenters. The van der Waals surface area contributed by atoms with Crippen LogP contribution in [0.4, 0.5) is 0 Å². The summed E-state index contributed by atoms with van der Waals surface area (Å²) in [5.74, 6) is -0.188. The Morgan fingerprint density at radius 1 is 1.24 bits per heavy atom. The number of benzene rings is 1. The third-order valence-corrected chi connectivity index (χ3v) is 3.18. The fourth-order valence-electron chi connectivity index (χ4n) is 2.04. The van der Waals surface area contributed by atoms with Crippen molar-refractivity contribution in [2.75, 3.05) is 6.54 Å². The number of nitrogens with zero attached hydrogens (tertiary/aromatic N) is 3. The highest BCUT2D eigenvalue weighted by molar-refractivity contribution is 5.77. The van der Waals surface area contributed by atoms with Crippen LogP contribution in [0.5, 0.6) is 0 Å². The minimum Gasteiger partial charge on any atom is -0.349 e. The number of amides is 1. The first-order valence-electron chi connectivity index (χ1n) is 7.17. The lowest BCUT2D eigenvalue weighted by Gasteiger charge is -2.02. The summed E-state index contributed by atoms with van der Waals surface area (Å²) in [6.45, 7) is 1.21. The van der Waals surface area contributed by atoms with Gasteiger partial charge < -0.3 is 11.1 Å². The second kappa shape index (κ2) is 8.16. The maximum atomic E-state index is 11.0. The molecule has 1 amide bonds. The molecule has 3 N–H and O–H groups in total. The largest absolute Gasteiger partial charge is 0.349 e. The normalized spacial score (nSPS) is 10.5. The molecule has 0 saturated carbocycles. The van der Waals surface area contributed by atoms with Crippen LogP contribution in [0.2, 0.25) is 0 Å². The van der Waals surface area contributed by atoms with Gasteiger partial charge in [0, 0.05) is 6.54 Å². The fourth-order valence-corrected chi connectivity index (χ4v) is 2.04. The van der Waals surface area contributed by atoms with Gasteiger partial charge in [-0.2, -0.15) is 0 Å². The van der Waals surface area contributed by atoms with Crippen LogP contribution in [-0.2, 0) is 24.3 Å². The van der Waals surface area contributed by atoms with Crippen molar-refractivity contribution in [3.63, 3.8) is 0 Å². The first-order chi connectivity index (χ1) is 10.3. The highest BCUT2D eigenvalue weighted by Crippen LogP contribution is 2.05. The number of carbonyl (C=O) groups excluding carboxylic acids is 1. The van der Waals surface area contributed by atoms with Gasteiger partial charge in [0.25, 0.3) is 0 Å². The lowest BCUT2D eigenvalue weighted by atomic mass is 10.1. The number of aromatic nitrogens is 3. The molecule has 6 heteroatoms. The van der Waals surface area contributed by atoms with Gasteiger partial charge in [0.05, 0.1) is 19.3 Å². The molecule has 2 aromatic rings. The Morgan fingerprint density at radius 3 is 2.81 bits per heavy atom. The van der Waals surface area contributed by atoms with E-state index in [1.54, 1.807) is 0 Å². The molecule has 112 valence electrons. The molecule has 1 aromatic carbocycles. The molecule has 6 nitrogen and oxygen atoms in total. The van der Waals surface area contributed by atoms with Gasteiger partial charge in [-0.05, 0) is 24.8 Å². The number of nitrogens with one attached hydrogen (secondary N) is 1. The van der Waals surface area contributed by atoms with Crippen molar-refractivity contribution >= 4 is 5.91 Å². The van der Waals surface area contributed by atoms with E-state index in [0.29, 0.717) is 6.54 Å². The zero-order valence-electron chi connectivity index (χ0n) is 12.0. The molecule has 0 aliphatic heterocycles. The Labute approximate surface area is 124 Å². The number of aryl methyl sites for hydroxylation is 2. The molecule has 1 heterocycles. The lowest BCUT2D eigenvalue weighted by molar-refractivity contribution is -0.119. The molecule has 0 atom stereocenters. The maximum absolute atomic E-state index is 11.0. The standard InChI is InChI=1S/C15H21N5O/c16-10-15(21)17-11-14-12-20(19-18-14)9-5-4-8-13-6-2-1-3-7-13/h1-3,6-7,12H,4-5,8-11,16H2,(H,17,21). The predicted molar refractivity (Wildman–Crippen MR) is 80.3 cm³/mol. The summed E-state index contributed by atoms with van der Waals surface area (Å²) in [5, 5.41) is 10.7. The SMILES string of the molecule is NCC(=O)NCc1cn(CCCCc2ccccc2)nn1. The van der Waals surface area contributed by atoms with Crippen molar-refractivity contribution < 1.29 is 4.79 Å². The number of unbranched alkanes of at least 4 members (excludes halogenated alkanes) is 1. The van der Waals surface area contributed by atoms with Crippen molar-refractivity contribution in [3.05, 3.63) is 47.8 Å². The van der Waals surface area contributed by atoms with Crippen LogP contribution in [0.15, 0.2) is 36.5 Å². The number of hydrogen-bond donors (Lipinski definition) is 2. The van der Waals surface area contributed by atoms with E-state index in [9.17, 15) is 4.79 Å². The molecule has 0 fully saturated rings. The van der Waals surface area contributed by atoms with E-state index in [1.807, 2.05) is 16.9 Å². The quantitative estimate of drug-likeness (QED) is 0.706. The molecule has 1 aromatic heterocycles. The summed E-state index contributed by atoms with van der Waals surface area (Å²) in [7, 11) is 0. The zero-order chi connectivity index (χ0) is 14.9. The summed E-state index contributed by atoms with van der Waals surface area (Å²) in [4.78, 5) is 11.0. The van der Waals surface area contributed by atoms with Gasteiger partial charge in [0.1, 0.15) is 5.69 Å². The van der Waals surface area contributed by atoms with Gasteiger partial charge in [-0.3, -0.25) is 9.48 Å². The van der Waals surface area contributed by atoms with E-state index in [0.717, 1.165) is 31.5 Å². The predicted octanol–water partition coefficient (Wildman–Crippen LogP) is 0.876. The third kappa shape index (κ3) is 5.35. The van der Waals surface area contributed by atoms with Crippen LogP contribution in [-0.4, -0.2) is 27.4 Å². The summed E-state index contributed by atoms with van der Waals surface area (Å²) in [6.07, 6.45) is 5.10. The van der Waals surface area contributed by atoms with Crippen LogP contribution >= 0.6 is 0 Å². The molecule has 0 spiro atoms. The number of rotatable bonds is 8. The van der Waals surface area contributed by atoms with E-state index >= 15 is 0 Å². The second-order valence-electron chi connectivity index (χ2n) is 4.90. The fraction of sp³-hybridized carbons (Fsp3) is 0.400. The van der Waals surface area contributed by atoms with E-state index in [1.165, 1.54) is 5.56 Å². The van der Waals surface area contributed by atoms with Crippen LogP contribution < -0.4 is 11.1 Å². The minimum absolute atomic E-state index is 0.00633. The first-order valence-corrected chi connectivity index (χ1v) is 7.17. The molecular formula is C15H21N5O. The summed E-state index contributed by atoms with van der Waals surface area (Å²) >= 11 is 0. The van der Waals surface area contributed by atoms with Crippen molar-refractivity contribution in [2.24, 2.45) is 5.73 Å². The van der Waals surface area contributed by atoms with Crippen LogP contribution in [0.25, 0.3) is 0 Å². The highest BCUT2D eigenvalue weighted by atomic mass is 16.1. The van der Waals surface area contributed by atoms with Crippen molar-refractivity contribution in [1.29, 1.82) is 0 Å². The number of nitrogens with two attached hydrogens (primary N) is 1. The van der Waals surface area contributed by atoms with E-state index in [2.05, 4.69) is 39.9 Å². The van der Waals surface area contributed by atoms with Gasteiger partial charge in [-0.15, -0.1) is 5.10 Å². The molecular weight excluding hydrogens is 266 g/mol. The Hall–Kier alpha value is -2.21. The zero-order valence-corrected chi connectivity index (χ0v) is 12.0. The Balaban J connectivity index is 1.67. The van der Waals surface area contributed by atoms with E-state index in [-0.39, 0.29) is 12.5 Å². The summed E-state index contributed by atoms with van der Waals surface area (Å²) in [5.41, 5.74) is 7.33. The Morgan fingerprint density at radius 2 is 2.05 bits per heavy atom. The molecule has 0 saturated heterocycles. The summed E-state index contributed by atoms with van der Waals surface area (Å²) < 4.78 is 1.81. The molecule has 0 bridgehead atoms. The Kier molecular flexibility index (Phi) is 5.90. The van der Waals surface area contributed by atoms with Gasteiger partial charge in [-0.1, -0.05) is 35.5 Å². The topological polar surface area (TPSA) is 85.8 Å². The van der Waals surface area contributed by atoms with Crippen LogP contribution in [0.1, 0.15) is 24.1 Å². The maximum Gasteiger partial charge on any atom is 0.234 e. The second-order valence-corrected chi connectivity index (χ2v) is 4.90. The molecule has 0 aliphatic rings. The molecule has 0 aliphatic carbocycles. The summed E-state index contributed by atoms with van der Waals surface area (Å²) in [6, 6.07) is 10.5. The minimum atomic E-state index is -0.188. The van der Waals surface area contributed by atoms with Crippen molar-refractivity contribution in [3.8, 4) is 0 Å². The number of hydrogen-bond acceptors (Lipinski definition) is 4. The molecule has 0 radical (unpaired) electrons. The average Bonchev–Trinajstić information content (AvgIpc) is 2.98. The van der Waals surface area contributed by atoms with Gasteiger partial charge >= 0.3 is 0 Å². The van der Waals surface area contributed by atoms with Crippen molar-refractivity contribution in [2.45, 2.75) is 32.4 Å². The lowest BCUT2D eigenvalue weighted by Crippen LogP contribution is -2.29. The highest BCUT2D eigenvalue weighted by Gasteiger charge is 2.03. The average molecular weight is 287 g/mol. The number of carbonyl (C=O) groups is 1. The van der Waals surface area contributed by atoms with E-state index in [4.69, 9.17) is 5.73 Å². The molecule has 2 rings (SSSR count). The van der Waals surface area contributed by atoms with Crippen LogP contribution in [0.3, 0.4) is 0 Å². The smallest absolute Gasteiger partial charge is 0.234 e. The first kappa shape index (κ1) is 15.2. The van der Waals surface area contributed by atoms with Gasteiger partial charge in [-0.25, -0.2) is 0 Å². The van der Waals surface area contributed by atoms with Crippen LogP contribution in [0, 0.1) is 0 Å². The van der Waals surface area contributed by atoms with Crippen molar-refractivity contribution in [1.82, 2.24) is 20.3 Å².